The lowest BCUT2D eigenvalue weighted by molar-refractivity contribution is -0.327. The molecule has 0 spiro atoms. The topological polar surface area (TPSA) is 239 Å². The van der Waals surface area contributed by atoms with Crippen molar-refractivity contribution in [1.82, 2.24) is 0 Å². The summed E-state index contributed by atoms with van der Waals surface area (Å²) in [5.41, 5.74) is 0.0283. The second-order valence-electron chi connectivity index (χ2n) is 8.90. The van der Waals surface area contributed by atoms with Gasteiger partial charge in [-0.1, -0.05) is 6.07 Å². The molecule has 15 nitrogen and oxygen atoms in total. The largest absolute Gasteiger partial charge is 0.504 e. The fourth-order valence-electron chi connectivity index (χ4n) is 4.13. The number of aliphatic hydroxyl groups excluding tert-OH is 4. The molecule has 40 heavy (non-hydrogen) atoms. The highest BCUT2D eigenvalue weighted by Crippen LogP contribution is 2.36. The lowest BCUT2D eigenvalue weighted by atomic mass is 9.86. The van der Waals surface area contributed by atoms with Crippen molar-refractivity contribution in [3.05, 3.63) is 47.2 Å². The van der Waals surface area contributed by atoms with E-state index in [-0.39, 0.29) is 35.7 Å². The minimum atomic E-state index is -1.85. The van der Waals surface area contributed by atoms with Gasteiger partial charge in [-0.3, -0.25) is 4.79 Å². The SMILES string of the molecule is COC(=O)C1=COC(O[C@@H]2O[C@H](CO)[C@@H](O)[C@H](O)[C@H]2O)/C(=C/C(=O)O)C1CC(=O)OCCc1ccc(O)c(O)c1. The van der Waals surface area contributed by atoms with Gasteiger partial charge in [-0.25, -0.2) is 9.59 Å². The molecule has 2 aliphatic rings. The molecule has 1 saturated heterocycles. The first-order valence-corrected chi connectivity index (χ1v) is 12.0. The van der Waals surface area contributed by atoms with E-state index in [2.05, 4.69) is 0 Å². The summed E-state index contributed by atoms with van der Waals surface area (Å²) < 4.78 is 26.1. The molecule has 7 atom stereocenters. The van der Waals surface area contributed by atoms with Crippen LogP contribution in [-0.4, -0.2) is 111 Å². The summed E-state index contributed by atoms with van der Waals surface area (Å²) in [5, 5.41) is 68.2. The van der Waals surface area contributed by atoms with E-state index in [0.29, 0.717) is 11.6 Å². The number of phenols is 2. The Hall–Kier alpha value is -3.73. The van der Waals surface area contributed by atoms with Gasteiger partial charge in [0.2, 0.25) is 6.29 Å². The number of ether oxygens (including phenoxy) is 5. The van der Waals surface area contributed by atoms with Crippen molar-refractivity contribution in [2.45, 2.75) is 49.8 Å². The monoisotopic (exact) mass is 570 g/mol. The van der Waals surface area contributed by atoms with Gasteiger partial charge in [0.15, 0.2) is 17.8 Å². The van der Waals surface area contributed by atoms with Crippen molar-refractivity contribution in [3.8, 4) is 11.5 Å². The zero-order valence-corrected chi connectivity index (χ0v) is 21.2. The molecule has 2 heterocycles. The minimum absolute atomic E-state index is 0.160. The fourth-order valence-corrected chi connectivity index (χ4v) is 4.13. The predicted molar refractivity (Wildman–Crippen MR) is 128 cm³/mol. The molecule has 0 bridgehead atoms. The Morgan fingerprint density at radius 2 is 1.77 bits per heavy atom. The number of carboxylic acids is 1. The number of hydrogen-bond donors (Lipinski definition) is 7. The lowest BCUT2D eigenvalue weighted by Crippen LogP contribution is -2.60. The van der Waals surface area contributed by atoms with Crippen LogP contribution in [0.25, 0.3) is 0 Å². The number of aliphatic hydroxyl groups is 4. The molecule has 2 unspecified atom stereocenters. The van der Waals surface area contributed by atoms with Crippen LogP contribution in [0.3, 0.4) is 0 Å². The average molecular weight is 571 g/mol. The number of esters is 2. The maximum atomic E-state index is 12.7. The van der Waals surface area contributed by atoms with Crippen molar-refractivity contribution in [2.75, 3.05) is 20.3 Å². The molecule has 220 valence electrons. The van der Waals surface area contributed by atoms with E-state index >= 15 is 0 Å². The van der Waals surface area contributed by atoms with Gasteiger partial charge in [-0.05, 0) is 17.7 Å². The number of carbonyl (C=O) groups excluding carboxylic acids is 2. The number of aliphatic carboxylic acids is 1. The van der Waals surface area contributed by atoms with Crippen molar-refractivity contribution in [3.63, 3.8) is 0 Å². The van der Waals surface area contributed by atoms with Crippen LogP contribution in [0, 0.1) is 5.92 Å². The third-order valence-electron chi connectivity index (χ3n) is 6.25. The van der Waals surface area contributed by atoms with E-state index in [0.717, 1.165) is 13.4 Å². The normalized spacial score (nSPS) is 29.3. The highest BCUT2D eigenvalue weighted by molar-refractivity contribution is 5.91. The van der Waals surface area contributed by atoms with Crippen molar-refractivity contribution in [1.29, 1.82) is 0 Å². The van der Waals surface area contributed by atoms with Crippen molar-refractivity contribution in [2.24, 2.45) is 5.92 Å². The van der Waals surface area contributed by atoms with Gasteiger partial charge in [-0.2, -0.15) is 0 Å². The molecule has 0 radical (unpaired) electrons. The highest BCUT2D eigenvalue weighted by Gasteiger charge is 2.47. The summed E-state index contributed by atoms with van der Waals surface area (Å²) in [5.74, 6) is -5.27. The quantitative estimate of drug-likeness (QED) is 0.0955. The molecule has 1 aromatic carbocycles. The second kappa shape index (κ2) is 13.6. The van der Waals surface area contributed by atoms with E-state index in [1.54, 1.807) is 0 Å². The lowest BCUT2D eigenvalue weighted by Gasteiger charge is -2.41. The van der Waals surface area contributed by atoms with Crippen LogP contribution in [0.5, 0.6) is 11.5 Å². The predicted octanol–water partition coefficient (Wildman–Crippen LogP) is -1.57. The number of carbonyl (C=O) groups is 3. The first-order chi connectivity index (χ1) is 19.0. The number of benzene rings is 1. The van der Waals surface area contributed by atoms with Crippen LogP contribution in [0.2, 0.25) is 0 Å². The molecular weight excluding hydrogens is 540 g/mol. The van der Waals surface area contributed by atoms with Crippen LogP contribution >= 0.6 is 0 Å². The molecule has 0 aromatic heterocycles. The van der Waals surface area contributed by atoms with E-state index in [4.69, 9.17) is 23.7 Å². The zero-order valence-electron chi connectivity index (χ0n) is 21.2. The van der Waals surface area contributed by atoms with Crippen molar-refractivity contribution < 1.29 is 73.8 Å². The number of methoxy groups -OCH3 is 1. The number of carboxylic acid groups (broad SMARTS) is 1. The van der Waals surface area contributed by atoms with Crippen LogP contribution in [0.4, 0.5) is 0 Å². The van der Waals surface area contributed by atoms with Gasteiger partial charge in [-0.15, -0.1) is 0 Å². The summed E-state index contributed by atoms with van der Waals surface area (Å²) in [6.45, 7) is -0.912. The Bertz CT molecular complexity index is 1140. The smallest absolute Gasteiger partial charge is 0.337 e. The van der Waals surface area contributed by atoms with Crippen LogP contribution in [-0.2, 0) is 44.5 Å². The highest BCUT2D eigenvalue weighted by atomic mass is 16.8. The molecule has 1 fully saturated rings. The average Bonchev–Trinajstić information content (AvgIpc) is 2.92. The Morgan fingerprint density at radius 3 is 2.40 bits per heavy atom. The fraction of sp³-hybridized carbons (Fsp3) is 0.480. The van der Waals surface area contributed by atoms with Gasteiger partial charge in [0, 0.05) is 24.0 Å². The Morgan fingerprint density at radius 1 is 1.05 bits per heavy atom. The van der Waals surface area contributed by atoms with Crippen molar-refractivity contribution >= 4 is 17.9 Å². The molecular formula is C25H30O15. The standard InChI is InChI=1S/C25H30O15/c1-36-23(35)14-10-38-24(40-25-22(34)21(33)20(32)17(9-26)39-25)13(7-18(29)30)12(14)8-19(31)37-5-4-11-2-3-15(27)16(28)6-11/h2-3,6-7,10,12,17,20-22,24-28,32-34H,4-5,8-9H2,1H3,(H,29,30)/b13-7+/t12?,17-,20-,21+,22-,24?,25+/m1/s1. The first-order valence-electron chi connectivity index (χ1n) is 12.0. The summed E-state index contributed by atoms with van der Waals surface area (Å²) in [7, 11) is 1.06. The molecule has 1 aromatic rings. The van der Waals surface area contributed by atoms with E-state index in [9.17, 15) is 50.1 Å². The van der Waals surface area contributed by atoms with E-state index in [1.807, 2.05) is 0 Å². The van der Waals surface area contributed by atoms with Crippen LogP contribution in [0.15, 0.2) is 41.7 Å². The van der Waals surface area contributed by atoms with E-state index in [1.165, 1.54) is 18.2 Å². The van der Waals surface area contributed by atoms with Gasteiger partial charge >= 0.3 is 17.9 Å². The van der Waals surface area contributed by atoms with Crippen LogP contribution in [0.1, 0.15) is 12.0 Å². The molecule has 3 rings (SSSR count). The maximum absolute atomic E-state index is 12.7. The number of rotatable bonds is 10. The Labute approximate surface area is 227 Å². The van der Waals surface area contributed by atoms with Gasteiger partial charge < -0.3 is 59.4 Å². The van der Waals surface area contributed by atoms with Gasteiger partial charge in [0.05, 0.1) is 38.6 Å². The second-order valence-corrected chi connectivity index (χ2v) is 8.90. The van der Waals surface area contributed by atoms with Crippen LogP contribution < -0.4 is 0 Å². The molecule has 0 saturated carbocycles. The minimum Gasteiger partial charge on any atom is -0.504 e. The zero-order chi connectivity index (χ0) is 29.6. The third-order valence-corrected chi connectivity index (χ3v) is 6.25. The summed E-state index contributed by atoms with van der Waals surface area (Å²) in [6, 6.07) is 4.06. The molecule has 2 aliphatic heterocycles. The molecule has 0 amide bonds. The van der Waals surface area contributed by atoms with Gasteiger partial charge in [0.25, 0.3) is 0 Å². The van der Waals surface area contributed by atoms with Gasteiger partial charge in [0.1, 0.15) is 24.4 Å². The summed E-state index contributed by atoms with van der Waals surface area (Å²) in [6.07, 6.45) is -8.94. The number of phenolic OH excluding ortho intramolecular Hbond substituents is 2. The molecule has 15 heteroatoms. The third kappa shape index (κ3) is 7.26. The molecule has 7 N–H and O–H groups in total. The summed E-state index contributed by atoms with van der Waals surface area (Å²) >= 11 is 0. The number of hydrogen-bond acceptors (Lipinski definition) is 14. The Balaban J connectivity index is 1.80. The van der Waals surface area contributed by atoms with E-state index < -0.39 is 73.8 Å². The first kappa shape index (κ1) is 30.8. The Kier molecular flexibility index (Phi) is 10.4. The summed E-state index contributed by atoms with van der Waals surface area (Å²) in [4.78, 5) is 36.8. The number of aromatic hydroxyl groups is 2. The molecule has 0 aliphatic carbocycles. The maximum Gasteiger partial charge on any atom is 0.337 e.